The van der Waals surface area contributed by atoms with Crippen molar-refractivity contribution >= 4 is 5.78 Å². The Hall–Kier alpha value is -2.10. The van der Waals surface area contributed by atoms with Crippen LogP contribution in [-0.2, 0) is 6.42 Å². The minimum atomic E-state index is -4.83. The molecule has 0 aliphatic carbocycles. The van der Waals surface area contributed by atoms with Gasteiger partial charge in [-0.3, -0.25) is 4.79 Å². The van der Waals surface area contributed by atoms with Crippen LogP contribution >= 0.6 is 0 Å². The first-order chi connectivity index (χ1) is 10.9. The van der Waals surface area contributed by atoms with E-state index in [1.165, 1.54) is 30.5 Å². The van der Waals surface area contributed by atoms with Crippen molar-refractivity contribution in [2.24, 2.45) is 0 Å². The van der Waals surface area contributed by atoms with E-state index in [1.807, 2.05) is 24.3 Å². The quantitative estimate of drug-likeness (QED) is 0.483. The molecule has 0 fully saturated rings. The summed E-state index contributed by atoms with van der Waals surface area (Å²) in [5, 5.41) is 0. The number of carbonyl (C=O) groups is 1. The molecular formula is C19H19F3O. The number of hydrogen-bond acceptors (Lipinski definition) is 1. The van der Waals surface area contributed by atoms with E-state index < -0.39 is 12.0 Å². The number of aryl methyl sites for hydroxylation is 1. The molecule has 0 amide bonds. The molecule has 4 heteroatoms. The average molecular weight is 320 g/mol. The van der Waals surface area contributed by atoms with Crippen molar-refractivity contribution in [1.82, 2.24) is 0 Å². The van der Waals surface area contributed by atoms with Crippen LogP contribution in [-0.4, -0.2) is 12.0 Å². The second-order valence-corrected chi connectivity index (χ2v) is 5.56. The molecule has 0 spiro atoms. The molecule has 0 aromatic heterocycles. The van der Waals surface area contributed by atoms with Gasteiger partial charge in [0.15, 0.2) is 0 Å². The van der Waals surface area contributed by atoms with Crippen molar-refractivity contribution in [2.45, 2.75) is 38.8 Å². The zero-order valence-corrected chi connectivity index (χ0v) is 13.0. The third-order valence-electron chi connectivity index (χ3n) is 3.76. The molecule has 2 aromatic carbocycles. The lowest BCUT2D eigenvalue weighted by Gasteiger charge is -2.07. The number of carbonyl (C=O) groups excluding carboxylic acids is 1. The summed E-state index contributed by atoms with van der Waals surface area (Å²) in [6.07, 6.45) is -0.254. The molecule has 122 valence electrons. The Balaban J connectivity index is 2.09. The fourth-order valence-electron chi connectivity index (χ4n) is 2.42. The van der Waals surface area contributed by atoms with Crippen molar-refractivity contribution in [3.05, 3.63) is 59.7 Å². The van der Waals surface area contributed by atoms with E-state index in [2.05, 4.69) is 6.92 Å². The number of unbranched alkanes of at least 4 members (excludes halogenated alkanes) is 2. The summed E-state index contributed by atoms with van der Waals surface area (Å²) in [6.45, 7) is 2.16. The van der Waals surface area contributed by atoms with Gasteiger partial charge in [0, 0.05) is 5.56 Å². The zero-order chi connectivity index (χ0) is 16.9. The lowest BCUT2D eigenvalue weighted by molar-refractivity contribution is -0.0885. The normalized spacial score (nSPS) is 11.5. The van der Waals surface area contributed by atoms with Gasteiger partial charge in [0.05, 0.1) is 0 Å². The molecule has 2 aromatic rings. The Labute approximate surface area is 134 Å². The first-order valence-electron chi connectivity index (χ1n) is 7.72. The van der Waals surface area contributed by atoms with Crippen LogP contribution in [0.15, 0.2) is 48.5 Å². The van der Waals surface area contributed by atoms with E-state index in [9.17, 15) is 18.0 Å². The summed E-state index contributed by atoms with van der Waals surface area (Å²) < 4.78 is 37.1. The van der Waals surface area contributed by atoms with Crippen LogP contribution in [0.3, 0.4) is 0 Å². The first-order valence-corrected chi connectivity index (χ1v) is 7.72. The summed E-state index contributed by atoms with van der Waals surface area (Å²) in [6, 6.07) is 13.5. The number of alkyl halides is 3. The third-order valence-corrected chi connectivity index (χ3v) is 3.76. The molecule has 0 radical (unpaired) electrons. The highest BCUT2D eigenvalue weighted by atomic mass is 19.4. The minimum Gasteiger partial charge on any atom is -0.284 e. The van der Waals surface area contributed by atoms with E-state index in [-0.39, 0.29) is 5.56 Å². The van der Waals surface area contributed by atoms with Crippen molar-refractivity contribution in [3.8, 4) is 11.1 Å². The van der Waals surface area contributed by atoms with Crippen molar-refractivity contribution < 1.29 is 18.0 Å². The first kappa shape index (κ1) is 17.3. The van der Waals surface area contributed by atoms with Gasteiger partial charge in [0.25, 0.3) is 5.78 Å². The topological polar surface area (TPSA) is 17.1 Å². The monoisotopic (exact) mass is 320 g/mol. The molecule has 0 saturated carbocycles. The lowest BCUT2D eigenvalue weighted by Crippen LogP contribution is -2.22. The van der Waals surface area contributed by atoms with Gasteiger partial charge in [-0.15, -0.1) is 0 Å². The highest BCUT2D eigenvalue weighted by Gasteiger charge is 2.39. The van der Waals surface area contributed by atoms with E-state index in [0.717, 1.165) is 24.0 Å². The maximum Gasteiger partial charge on any atom is 0.454 e. The van der Waals surface area contributed by atoms with Gasteiger partial charge in [-0.25, -0.2) is 0 Å². The Morgan fingerprint density at radius 2 is 1.39 bits per heavy atom. The predicted molar refractivity (Wildman–Crippen MR) is 85.5 cm³/mol. The molecule has 0 aliphatic rings. The Kier molecular flexibility index (Phi) is 5.59. The van der Waals surface area contributed by atoms with E-state index in [1.54, 1.807) is 12.1 Å². The van der Waals surface area contributed by atoms with Gasteiger partial charge in [-0.05, 0) is 29.5 Å². The van der Waals surface area contributed by atoms with Gasteiger partial charge in [-0.1, -0.05) is 68.3 Å². The van der Waals surface area contributed by atoms with Crippen molar-refractivity contribution in [2.75, 3.05) is 0 Å². The molecular weight excluding hydrogens is 301 g/mol. The van der Waals surface area contributed by atoms with Crippen LogP contribution in [0.1, 0.15) is 42.1 Å². The Bertz CT molecular complexity index is 640. The van der Waals surface area contributed by atoms with Gasteiger partial charge >= 0.3 is 6.18 Å². The molecule has 2 rings (SSSR count). The second-order valence-electron chi connectivity index (χ2n) is 5.56. The van der Waals surface area contributed by atoms with E-state index in [4.69, 9.17) is 0 Å². The number of ketones is 1. The largest absolute Gasteiger partial charge is 0.454 e. The zero-order valence-electron chi connectivity index (χ0n) is 13.0. The molecule has 0 saturated heterocycles. The lowest BCUT2D eigenvalue weighted by atomic mass is 9.99. The van der Waals surface area contributed by atoms with E-state index >= 15 is 0 Å². The molecule has 0 N–H and O–H groups in total. The maximum absolute atomic E-state index is 12.4. The van der Waals surface area contributed by atoms with Gasteiger partial charge in [-0.2, -0.15) is 13.2 Å². The molecule has 1 nitrogen and oxygen atoms in total. The predicted octanol–water partition coefficient (Wildman–Crippen LogP) is 5.83. The molecule has 0 unspecified atom stereocenters. The summed E-state index contributed by atoms with van der Waals surface area (Å²) in [5.74, 6) is -1.81. The SMILES string of the molecule is CCCCCc1ccc(-c2ccc(C(=O)C(F)(F)F)cc2)cc1. The van der Waals surface area contributed by atoms with Crippen molar-refractivity contribution in [3.63, 3.8) is 0 Å². The highest BCUT2D eigenvalue weighted by molar-refractivity contribution is 6.00. The van der Waals surface area contributed by atoms with Crippen molar-refractivity contribution in [1.29, 1.82) is 0 Å². The highest BCUT2D eigenvalue weighted by Crippen LogP contribution is 2.25. The summed E-state index contributed by atoms with van der Waals surface area (Å²) in [7, 11) is 0. The fraction of sp³-hybridized carbons (Fsp3) is 0.316. The summed E-state index contributed by atoms with van der Waals surface area (Å²) >= 11 is 0. The average Bonchev–Trinajstić information content (AvgIpc) is 2.54. The maximum atomic E-state index is 12.4. The van der Waals surface area contributed by atoms with Crippen LogP contribution in [0.25, 0.3) is 11.1 Å². The van der Waals surface area contributed by atoms with Crippen LogP contribution in [0, 0.1) is 0 Å². The number of rotatable bonds is 6. The molecule has 23 heavy (non-hydrogen) atoms. The van der Waals surface area contributed by atoms with Gasteiger partial charge in [0.2, 0.25) is 0 Å². The number of halogens is 3. The fourth-order valence-corrected chi connectivity index (χ4v) is 2.42. The standard InChI is InChI=1S/C19H19F3O/c1-2-3-4-5-14-6-8-15(9-7-14)16-10-12-17(13-11-16)18(23)19(20,21)22/h6-13H,2-5H2,1H3. The van der Waals surface area contributed by atoms with Crippen LogP contribution in [0.5, 0.6) is 0 Å². The van der Waals surface area contributed by atoms with Crippen LogP contribution < -0.4 is 0 Å². The minimum absolute atomic E-state index is 0.336. The van der Waals surface area contributed by atoms with Gasteiger partial charge < -0.3 is 0 Å². The number of benzene rings is 2. The number of hydrogen-bond donors (Lipinski definition) is 0. The molecule has 0 aliphatic heterocycles. The Morgan fingerprint density at radius 3 is 1.87 bits per heavy atom. The molecule has 0 heterocycles. The van der Waals surface area contributed by atoms with Gasteiger partial charge in [0.1, 0.15) is 0 Å². The third kappa shape index (κ3) is 4.68. The Morgan fingerprint density at radius 1 is 0.870 bits per heavy atom. The second kappa shape index (κ2) is 7.44. The van der Waals surface area contributed by atoms with Crippen LogP contribution in [0.2, 0.25) is 0 Å². The summed E-state index contributed by atoms with van der Waals surface area (Å²) in [5.41, 5.74) is 2.64. The van der Waals surface area contributed by atoms with Crippen LogP contribution in [0.4, 0.5) is 13.2 Å². The number of Topliss-reactive ketones (excluding diaryl/α,β-unsaturated/α-hetero) is 1. The molecule has 0 atom stereocenters. The smallest absolute Gasteiger partial charge is 0.284 e. The molecule has 0 bridgehead atoms. The summed E-state index contributed by atoms with van der Waals surface area (Å²) in [4.78, 5) is 11.2. The van der Waals surface area contributed by atoms with E-state index in [0.29, 0.717) is 0 Å².